The van der Waals surface area contributed by atoms with Crippen LogP contribution in [0.5, 0.6) is 0 Å². The molecule has 1 amide bonds. The zero-order valence-electron chi connectivity index (χ0n) is 14.9. The molecular weight excluding hydrogens is 292 g/mol. The van der Waals surface area contributed by atoms with E-state index in [1.165, 1.54) is 0 Å². The molecule has 2 rings (SSSR count). The number of hydrogen-bond donors (Lipinski definition) is 0. The van der Waals surface area contributed by atoms with Crippen LogP contribution in [0.4, 0.5) is 0 Å². The molecule has 0 aromatic heterocycles. The predicted molar refractivity (Wildman–Crippen MR) is 90.2 cm³/mol. The fraction of sp³-hybridized carbons (Fsp3) is 0.889. The van der Waals surface area contributed by atoms with Gasteiger partial charge < -0.3 is 9.64 Å². The van der Waals surface area contributed by atoms with E-state index in [9.17, 15) is 9.59 Å². The standard InChI is InChI=1S/C18H32N2O3/c1-4-7-20-13-14(11-18(22)19(2)8-9-23-3)10-15-12-16(21)5-6-17(15)20/h14-15,17H,4-13H2,1-3H3/t14-,15-,17-/m1/s1. The molecule has 0 spiro atoms. The first-order valence-electron chi connectivity index (χ1n) is 9.03. The molecule has 1 aliphatic carbocycles. The number of methoxy groups -OCH3 is 1. The number of carbonyl (C=O) groups is 2. The summed E-state index contributed by atoms with van der Waals surface area (Å²) in [5.74, 6) is 1.45. The van der Waals surface area contributed by atoms with E-state index in [-0.39, 0.29) is 5.91 Å². The van der Waals surface area contributed by atoms with Crippen molar-refractivity contribution in [2.45, 2.75) is 51.5 Å². The van der Waals surface area contributed by atoms with Crippen molar-refractivity contribution in [1.82, 2.24) is 9.80 Å². The summed E-state index contributed by atoms with van der Waals surface area (Å²) in [6, 6.07) is 0.560. The van der Waals surface area contributed by atoms with Crippen LogP contribution in [0.25, 0.3) is 0 Å². The Kier molecular flexibility index (Phi) is 7.03. The van der Waals surface area contributed by atoms with Crippen LogP contribution in [0.1, 0.15) is 45.4 Å². The molecule has 5 heteroatoms. The highest BCUT2D eigenvalue weighted by molar-refractivity contribution is 5.79. The van der Waals surface area contributed by atoms with Crippen LogP contribution in [0.15, 0.2) is 0 Å². The Morgan fingerprint density at radius 1 is 1.43 bits per heavy atom. The van der Waals surface area contributed by atoms with Gasteiger partial charge in [-0.05, 0) is 37.6 Å². The van der Waals surface area contributed by atoms with Crippen LogP contribution in [0, 0.1) is 11.8 Å². The number of rotatable bonds is 7. The Labute approximate surface area is 140 Å². The maximum atomic E-state index is 12.4. The molecule has 0 N–H and O–H groups in total. The molecular formula is C18H32N2O3. The van der Waals surface area contributed by atoms with Crippen molar-refractivity contribution < 1.29 is 14.3 Å². The second-order valence-corrected chi connectivity index (χ2v) is 7.22. The highest BCUT2D eigenvalue weighted by Crippen LogP contribution is 2.37. The lowest BCUT2D eigenvalue weighted by Crippen LogP contribution is -2.52. The number of likely N-dealkylation sites (N-methyl/N-ethyl adjacent to an activating group) is 1. The summed E-state index contributed by atoms with van der Waals surface area (Å²) >= 11 is 0. The maximum absolute atomic E-state index is 12.4. The highest BCUT2D eigenvalue weighted by atomic mass is 16.5. The highest BCUT2D eigenvalue weighted by Gasteiger charge is 2.39. The van der Waals surface area contributed by atoms with Gasteiger partial charge in [0.2, 0.25) is 5.91 Å². The normalized spacial score (nSPS) is 28.5. The topological polar surface area (TPSA) is 49.9 Å². The van der Waals surface area contributed by atoms with E-state index < -0.39 is 0 Å². The second kappa shape index (κ2) is 8.78. The quantitative estimate of drug-likeness (QED) is 0.718. The molecule has 0 radical (unpaired) electrons. The monoisotopic (exact) mass is 324 g/mol. The van der Waals surface area contributed by atoms with Gasteiger partial charge in [-0.15, -0.1) is 0 Å². The summed E-state index contributed by atoms with van der Waals surface area (Å²) in [5, 5.41) is 0. The van der Waals surface area contributed by atoms with Crippen LogP contribution in [-0.4, -0.2) is 67.9 Å². The summed E-state index contributed by atoms with van der Waals surface area (Å²) in [6.07, 6.45) is 5.22. The number of nitrogens with zero attached hydrogens (tertiary/aromatic N) is 2. The van der Waals surface area contributed by atoms with E-state index in [0.29, 0.717) is 43.2 Å². The number of amides is 1. The molecule has 1 saturated heterocycles. The number of carbonyl (C=O) groups excluding carboxylic acids is 2. The zero-order chi connectivity index (χ0) is 16.8. The third kappa shape index (κ3) is 5.01. The third-order valence-corrected chi connectivity index (χ3v) is 5.38. The minimum atomic E-state index is 0.198. The summed E-state index contributed by atoms with van der Waals surface area (Å²) in [4.78, 5) is 28.5. The molecule has 5 nitrogen and oxygen atoms in total. The van der Waals surface area contributed by atoms with E-state index in [0.717, 1.165) is 45.2 Å². The molecule has 1 heterocycles. The molecule has 3 atom stereocenters. The smallest absolute Gasteiger partial charge is 0.222 e. The fourth-order valence-corrected chi connectivity index (χ4v) is 4.21. The van der Waals surface area contributed by atoms with Gasteiger partial charge >= 0.3 is 0 Å². The Hall–Kier alpha value is -0.940. The van der Waals surface area contributed by atoms with Crippen molar-refractivity contribution in [2.24, 2.45) is 11.8 Å². The van der Waals surface area contributed by atoms with Gasteiger partial charge in [0.15, 0.2) is 0 Å². The molecule has 0 unspecified atom stereocenters. The molecule has 2 fully saturated rings. The van der Waals surface area contributed by atoms with Gasteiger partial charge in [0.25, 0.3) is 0 Å². The van der Waals surface area contributed by atoms with E-state index >= 15 is 0 Å². The molecule has 2 aliphatic rings. The van der Waals surface area contributed by atoms with E-state index in [1.54, 1.807) is 12.0 Å². The van der Waals surface area contributed by atoms with Crippen LogP contribution in [0.3, 0.4) is 0 Å². The average Bonchev–Trinajstić information content (AvgIpc) is 2.52. The van der Waals surface area contributed by atoms with E-state index in [4.69, 9.17) is 4.74 Å². The van der Waals surface area contributed by atoms with Gasteiger partial charge in [0, 0.05) is 52.6 Å². The SMILES string of the molecule is CCCN1C[C@@H](CC(=O)N(C)CCOC)C[C@@H]2CC(=O)CC[C@H]21. The van der Waals surface area contributed by atoms with Crippen LogP contribution >= 0.6 is 0 Å². The van der Waals surface area contributed by atoms with Gasteiger partial charge in [-0.2, -0.15) is 0 Å². The Morgan fingerprint density at radius 2 is 2.22 bits per heavy atom. The fourth-order valence-electron chi connectivity index (χ4n) is 4.21. The molecule has 0 aromatic rings. The molecule has 1 aliphatic heterocycles. The minimum Gasteiger partial charge on any atom is -0.383 e. The summed E-state index contributed by atoms with van der Waals surface area (Å²) in [5.41, 5.74) is 0. The maximum Gasteiger partial charge on any atom is 0.222 e. The number of ether oxygens (including phenoxy) is 1. The number of fused-ring (bicyclic) bond motifs is 1. The third-order valence-electron chi connectivity index (χ3n) is 5.38. The second-order valence-electron chi connectivity index (χ2n) is 7.22. The lowest BCUT2D eigenvalue weighted by atomic mass is 9.73. The van der Waals surface area contributed by atoms with Crippen molar-refractivity contribution in [3.63, 3.8) is 0 Å². The predicted octanol–water partition coefficient (Wildman–Crippen LogP) is 1.95. The number of hydrogen-bond acceptors (Lipinski definition) is 4. The van der Waals surface area contributed by atoms with Gasteiger partial charge in [-0.1, -0.05) is 6.92 Å². The number of likely N-dealkylation sites (tertiary alicyclic amines) is 1. The van der Waals surface area contributed by atoms with Gasteiger partial charge in [-0.3, -0.25) is 14.5 Å². The van der Waals surface area contributed by atoms with Crippen LogP contribution < -0.4 is 0 Å². The lowest BCUT2D eigenvalue weighted by molar-refractivity contribution is -0.132. The lowest BCUT2D eigenvalue weighted by Gasteiger charge is -2.47. The van der Waals surface area contributed by atoms with Crippen LogP contribution in [-0.2, 0) is 14.3 Å². The molecule has 132 valence electrons. The van der Waals surface area contributed by atoms with Crippen molar-refractivity contribution in [3.05, 3.63) is 0 Å². The first-order valence-corrected chi connectivity index (χ1v) is 9.03. The first kappa shape index (κ1) is 18.4. The number of piperidine rings is 1. The zero-order valence-corrected chi connectivity index (χ0v) is 14.9. The molecule has 23 heavy (non-hydrogen) atoms. The van der Waals surface area contributed by atoms with E-state index in [1.807, 2.05) is 7.05 Å². The minimum absolute atomic E-state index is 0.198. The first-order chi connectivity index (χ1) is 11.0. The van der Waals surface area contributed by atoms with E-state index in [2.05, 4.69) is 11.8 Å². The van der Waals surface area contributed by atoms with Crippen molar-refractivity contribution in [2.75, 3.05) is 40.4 Å². The van der Waals surface area contributed by atoms with Gasteiger partial charge in [0.1, 0.15) is 5.78 Å². The molecule has 1 saturated carbocycles. The Morgan fingerprint density at radius 3 is 2.91 bits per heavy atom. The van der Waals surface area contributed by atoms with Crippen LogP contribution in [0.2, 0.25) is 0 Å². The summed E-state index contributed by atoms with van der Waals surface area (Å²) in [7, 11) is 3.50. The number of ketones is 1. The summed E-state index contributed by atoms with van der Waals surface area (Å²) < 4.78 is 5.04. The largest absolute Gasteiger partial charge is 0.383 e. The van der Waals surface area contributed by atoms with Crippen molar-refractivity contribution in [3.8, 4) is 0 Å². The van der Waals surface area contributed by atoms with Crippen molar-refractivity contribution in [1.29, 1.82) is 0 Å². The number of Topliss-reactive ketones (excluding diaryl/α,β-unsaturated/α-hetero) is 1. The Balaban J connectivity index is 1.94. The Bertz CT molecular complexity index is 413. The molecule has 0 aromatic carbocycles. The van der Waals surface area contributed by atoms with Crippen molar-refractivity contribution >= 4 is 11.7 Å². The summed E-state index contributed by atoms with van der Waals surface area (Å²) in [6.45, 7) is 5.52. The van der Waals surface area contributed by atoms with Gasteiger partial charge in [0.05, 0.1) is 6.61 Å². The molecule has 0 bridgehead atoms. The average molecular weight is 324 g/mol. The van der Waals surface area contributed by atoms with Gasteiger partial charge in [-0.25, -0.2) is 0 Å².